The second-order valence-electron chi connectivity index (χ2n) is 11.6. The number of nitrogens with zero attached hydrogens (tertiary/aromatic N) is 1. The summed E-state index contributed by atoms with van der Waals surface area (Å²) in [5, 5.41) is 2.94. The van der Waals surface area contributed by atoms with Crippen LogP contribution >= 0.6 is 0 Å². The maximum atomic E-state index is 15.7. The van der Waals surface area contributed by atoms with Gasteiger partial charge in [0.25, 0.3) is 5.91 Å². The van der Waals surface area contributed by atoms with Gasteiger partial charge in [-0.25, -0.2) is 4.39 Å². The van der Waals surface area contributed by atoms with Crippen molar-refractivity contribution in [3.05, 3.63) is 35.1 Å². The molecule has 196 valence electrons. The predicted molar refractivity (Wildman–Crippen MR) is 139 cm³/mol. The minimum atomic E-state index is -0.574. The van der Waals surface area contributed by atoms with Crippen LogP contribution in [0.3, 0.4) is 0 Å². The van der Waals surface area contributed by atoms with Crippen LogP contribution in [-0.4, -0.2) is 41.6 Å². The van der Waals surface area contributed by atoms with E-state index in [0.717, 1.165) is 44.9 Å². The first-order chi connectivity index (χ1) is 16.5. The van der Waals surface area contributed by atoms with E-state index in [0.29, 0.717) is 25.1 Å². The summed E-state index contributed by atoms with van der Waals surface area (Å²) in [6.07, 6.45) is 7.38. The minimum absolute atomic E-state index is 0. The summed E-state index contributed by atoms with van der Waals surface area (Å²) >= 11 is 0. The van der Waals surface area contributed by atoms with E-state index in [4.69, 9.17) is 0 Å². The monoisotopic (exact) mass is 488 g/mol. The largest absolute Gasteiger partial charge is 0.342 e. The number of halogens is 1. The van der Waals surface area contributed by atoms with Crippen LogP contribution in [-0.2, 0) is 9.59 Å². The molecule has 2 aliphatic rings. The van der Waals surface area contributed by atoms with Crippen LogP contribution < -0.4 is 5.32 Å². The topological polar surface area (TPSA) is 66.5 Å². The van der Waals surface area contributed by atoms with Gasteiger partial charge in [-0.3, -0.25) is 14.4 Å². The molecule has 1 aromatic rings. The number of Topliss-reactive ketones (excluding diaryl/α,β-unsaturated/α-hetero) is 1. The molecule has 1 saturated carbocycles. The second kappa shape index (κ2) is 11.7. The number of nitrogens with one attached hydrogen (secondary N) is 1. The van der Waals surface area contributed by atoms with E-state index < -0.39 is 23.2 Å². The summed E-state index contributed by atoms with van der Waals surface area (Å²) in [5.41, 5.74) is -0.0237. The first-order valence-corrected chi connectivity index (χ1v) is 13.5. The highest BCUT2D eigenvalue weighted by molar-refractivity contribution is 5.98. The molecule has 1 N–H and O–H groups in total. The van der Waals surface area contributed by atoms with Gasteiger partial charge < -0.3 is 10.2 Å². The molecule has 6 heteroatoms. The van der Waals surface area contributed by atoms with Gasteiger partial charge in [-0.15, -0.1) is 0 Å². The lowest BCUT2D eigenvalue weighted by atomic mass is 9.79. The van der Waals surface area contributed by atoms with Crippen LogP contribution in [0.2, 0.25) is 0 Å². The van der Waals surface area contributed by atoms with E-state index in [1.807, 2.05) is 39.5 Å². The summed E-state index contributed by atoms with van der Waals surface area (Å²) in [6, 6.07) is 4.37. The van der Waals surface area contributed by atoms with Crippen LogP contribution in [0.5, 0.6) is 0 Å². The van der Waals surface area contributed by atoms with E-state index in [9.17, 15) is 14.4 Å². The Balaban J connectivity index is 0.00000456. The number of carbonyl (C=O) groups excluding carboxylic acids is 3. The second-order valence-corrected chi connectivity index (χ2v) is 11.6. The zero-order valence-electron chi connectivity index (χ0n) is 22.2. The summed E-state index contributed by atoms with van der Waals surface area (Å²) in [4.78, 5) is 41.1. The number of hydrogen-bond donors (Lipinski definition) is 1. The highest BCUT2D eigenvalue weighted by atomic mass is 19.1. The Hall–Kier alpha value is -2.24. The molecule has 1 saturated heterocycles. The molecule has 0 spiro atoms. The SMILES string of the molecule is CCC(C)C(=O)[C@H](NC(=O)c1cccc([C@H]2CCCN(C(=O)C(C)(C)C)C2)c1F)C1CCCCC1.[HH]. The summed E-state index contributed by atoms with van der Waals surface area (Å²) in [6.45, 7) is 10.7. The number of carbonyl (C=O) groups is 3. The van der Waals surface area contributed by atoms with Crippen molar-refractivity contribution in [1.82, 2.24) is 10.2 Å². The lowest BCUT2D eigenvalue weighted by Crippen LogP contribution is -2.48. The average molecular weight is 489 g/mol. The molecule has 0 bridgehead atoms. The highest BCUT2D eigenvalue weighted by Gasteiger charge is 2.35. The van der Waals surface area contributed by atoms with E-state index in [2.05, 4.69) is 5.32 Å². The van der Waals surface area contributed by atoms with E-state index in [1.54, 1.807) is 12.1 Å². The van der Waals surface area contributed by atoms with Gasteiger partial charge in [0.15, 0.2) is 5.78 Å². The van der Waals surface area contributed by atoms with Gasteiger partial charge in [0.1, 0.15) is 5.82 Å². The third-order valence-electron chi connectivity index (χ3n) is 7.88. The molecular weight excluding hydrogens is 443 g/mol. The fraction of sp³-hybridized carbons (Fsp3) is 0.690. The third kappa shape index (κ3) is 6.50. The van der Waals surface area contributed by atoms with Crippen LogP contribution in [0.15, 0.2) is 18.2 Å². The summed E-state index contributed by atoms with van der Waals surface area (Å²) in [7, 11) is 0. The summed E-state index contributed by atoms with van der Waals surface area (Å²) in [5.74, 6) is -1.13. The van der Waals surface area contributed by atoms with Gasteiger partial charge in [-0.1, -0.05) is 66.0 Å². The Morgan fingerprint density at radius 3 is 2.43 bits per heavy atom. The van der Waals surface area contributed by atoms with E-state index in [-0.39, 0.29) is 36.4 Å². The molecule has 2 amide bonds. The van der Waals surface area contributed by atoms with Gasteiger partial charge in [-0.05, 0) is 49.7 Å². The minimum Gasteiger partial charge on any atom is -0.342 e. The number of piperidine rings is 1. The van der Waals surface area contributed by atoms with Crippen molar-refractivity contribution in [3.8, 4) is 0 Å². The number of likely N-dealkylation sites (tertiary alicyclic amines) is 1. The van der Waals surface area contributed by atoms with Gasteiger partial charge in [0, 0.05) is 31.8 Å². The molecule has 2 fully saturated rings. The fourth-order valence-corrected chi connectivity index (χ4v) is 5.55. The van der Waals surface area contributed by atoms with E-state index in [1.165, 1.54) is 6.07 Å². The fourth-order valence-electron chi connectivity index (χ4n) is 5.55. The molecule has 35 heavy (non-hydrogen) atoms. The van der Waals surface area contributed by atoms with Crippen molar-refractivity contribution in [1.29, 1.82) is 0 Å². The van der Waals surface area contributed by atoms with Crippen molar-refractivity contribution in [2.75, 3.05) is 13.1 Å². The average Bonchev–Trinajstić information content (AvgIpc) is 2.85. The molecular formula is C29H45FN2O3. The molecule has 0 aromatic heterocycles. The predicted octanol–water partition coefficient (Wildman–Crippen LogP) is 6.12. The number of amides is 2. The lowest BCUT2D eigenvalue weighted by molar-refractivity contribution is -0.140. The van der Waals surface area contributed by atoms with Crippen LogP contribution in [0.25, 0.3) is 0 Å². The number of hydrogen-bond acceptors (Lipinski definition) is 3. The Morgan fingerprint density at radius 2 is 1.80 bits per heavy atom. The summed E-state index contributed by atoms with van der Waals surface area (Å²) < 4.78 is 15.7. The molecule has 1 aliphatic heterocycles. The molecule has 5 nitrogen and oxygen atoms in total. The standard InChI is InChI=1S/C29H43FN2O3.H2/c1-6-19(2)26(33)25(20-12-8-7-9-13-20)31-27(34)23-16-10-15-22(24(23)30)21-14-11-17-32(18-21)28(35)29(3,4)5;/h10,15-16,19-21,25H,6-9,11-14,17-18H2,1-5H3,(H,31,34);1H/t19?,21-,25+;/m0./s1. The Labute approximate surface area is 211 Å². The van der Waals surface area contributed by atoms with Crippen molar-refractivity contribution in [2.24, 2.45) is 17.3 Å². The van der Waals surface area contributed by atoms with Crippen LogP contribution in [0, 0.1) is 23.1 Å². The van der Waals surface area contributed by atoms with Crippen LogP contribution in [0.1, 0.15) is 109 Å². The maximum Gasteiger partial charge on any atom is 0.254 e. The zero-order chi connectivity index (χ0) is 25.8. The van der Waals surface area contributed by atoms with Crippen molar-refractivity contribution in [3.63, 3.8) is 0 Å². The third-order valence-corrected chi connectivity index (χ3v) is 7.88. The number of ketones is 1. The first kappa shape index (κ1) is 27.3. The molecule has 3 atom stereocenters. The number of rotatable bonds is 7. The molecule has 0 radical (unpaired) electrons. The normalized spacial score (nSPS) is 21.3. The quantitative estimate of drug-likeness (QED) is 0.503. The van der Waals surface area contributed by atoms with Gasteiger partial charge >= 0.3 is 0 Å². The van der Waals surface area contributed by atoms with Crippen molar-refractivity contribution in [2.45, 2.75) is 97.9 Å². The molecule has 3 rings (SSSR count). The van der Waals surface area contributed by atoms with Crippen molar-refractivity contribution < 1.29 is 20.2 Å². The first-order valence-electron chi connectivity index (χ1n) is 13.5. The zero-order valence-corrected chi connectivity index (χ0v) is 22.2. The Kier molecular flexibility index (Phi) is 9.11. The van der Waals surface area contributed by atoms with Crippen LogP contribution in [0.4, 0.5) is 4.39 Å². The smallest absolute Gasteiger partial charge is 0.254 e. The van der Waals surface area contributed by atoms with Crippen molar-refractivity contribution >= 4 is 17.6 Å². The Morgan fingerprint density at radius 1 is 1.11 bits per heavy atom. The molecule has 1 aromatic carbocycles. The maximum absolute atomic E-state index is 15.7. The van der Waals surface area contributed by atoms with Gasteiger partial charge in [0.05, 0.1) is 11.6 Å². The number of benzene rings is 1. The molecule has 1 aliphatic carbocycles. The molecule has 1 unspecified atom stereocenters. The van der Waals surface area contributed by atoms with Gasteiger partial charge in [-0.2, -0.15) is 0 Å². The van der Waals surface area contributed by atoms with Gasteiger partial charge in [0.2, 0.25) is 5.91 Å². The highest BCUT2D eigenvalue weighted by Crippen LogP contribution is 2.33. The van der Waals surface area contributed by atoms with E-state index >= 15 is 4.39 Å². The molecule has 1 heterocycles. The Bertz CT molecular complexity index is 924. The lowest BCUT2D eigenvalue weighted by Gasteiger charge is -2.37.